The second-order valence-electron chi connectivity index (χ2n) is 12.2. The van der Waals surface area contributed by atoms with Gasteiger partial charge in [0.25, 0.3) is 0 Å². The van der Waals surface area contributed by atoms with Crippen LogP contribution in [0.2, 0.25) is 0 Å². The molecule has 0 spiro atoms. The molecule has 1 N–H and O–H groups in total. The fourth-order valence-corrected chi connectivity index (χ4v) is 8.85. The summed E-state index contributed by atoms with van der Waals surface area (Å²) in [4.78, 5) is 50.5. The summed E-state index contributed by atoms with van der Waals surface area (Å²) in [6, 6.07) is 0. The number of carbonyl (C=O) groups excluding carboxylic acids is 4. The van der Waals surface area contributed by atoms with Crippen LogP contribution in [-0.4, -0.2) is 52.6 Å². The van der Waals surface area contributed by atoms with Gasteiger partial charge in [0.2, 0.25) is 5.78 Å². The SMILES string of the molecule is CCC(=O)OCC(=O)[C@]1(OC(=O)CC)[C@@H](C)C[C@H]2[C@@H]3CC[C@H]4CC(=O)CC[C@]4(C)[C@@]3(F)[C@@H](O)C[C@@]21C. The lowest BCUT2D eigenvalue weighted by Gasteiger charge is -2.65. The highest BCUT2D eigenvalue weighted by molar-refractivity contribution is 5.93. The van der Waals surface area contributed by atoms with E-state index >= 15 is 4.39 Å². The van der Waals surface area contributed by atoms with Crippen molar-refractivity contribution in [2.75, 3.05) is 6.61 Å². The molecule has 4 aliphatic carbocycles. The number of esters is 2. The number of alkyl halides is 1. The molecule has 0 unspecified atom stereocenters. The number of Topliss-reactive ketones (excluding diaryl/α,β-unsaturated/α-hetero) is 2. The summed E-state index contributed by atoms with van der Waals surface area (Å²) in [5.74, 6) is -2.83. The average molecular weight is 509 g/mol. The quantitative estimate of drug-likeness (QED) is 0.538. The molecule has 0 aromatic carbocycles. The van der Waals surface area contributed by atoms with Crippen LogP contribution >= 0.6 is 0 Å². The van der Waals surface area contributed by atoms with Gasteiger partial charge in [-0.3, -0.25) is 19.2 Å². The fourth-order valence-electron chi connectivity index (χ4n) is 8.85. The molecular weight excluding hydrogens is 467 g/mol. The number of ketones is 2. The second kappa shape index (κ2) is 9.17. The van der Waals surface area contributed by atoms with E-state index in [-0.39, 0.29) is 36.9 Å². The predicted octanol–water partition coefficient (Wildman–Crippen LogP) is 4.12. The molecule has 4 fully saturated rings. The van der Waals surface area contributed by atoms with E-state index in [4.69, 9.17) is 9.47 Å². The van der Waals surface area contributed by atoms with Gasteiger partial charge in [-0.1, -0.05) is 34.6 Å². The maximum atomic E-state index is 17.5. The van der Waals surface area contributed by atoms with E-state index in [2.05, 4.69) is 0 Å². The Morgan fingerprint density at radius 2 is 1.72 bits per heavy atom. The third-order valence-corrected chi connectivity index (χ3v) is 10.7. The van der Waals surface area contributed by atoms with Crippen LogP contribution in [0.1, 0.15) is 92.4 Å². The van der Waals surface area contributed by atoms with Gasteiger partial charge in [0.1, 0.15) is 11.5 Å². The Kier molecular flexibility index (Phi) is 6.93. The zero-order valence-electron chi connectivity index (χ0n) is 22.2. The molecule has 4 rings (SSSR count). The lowest BCUT2D eigenvalue weighted by atomic mass is 9.42. The van der Waals surface area contributed by atoms with E-state index < -0.39 is 64.4 Å². The van der Waals surface area contributed by atoms with Crippen LogP contribution in [0.5, 0.6) is 0 Å². The van der Waals surface area contributed by atoms with Crippen LogP contribution in [-0.2, 0) is 28.7 Å². The van der Waals surface area contributed by atoms with Gasteiger partial charge in [-0.05, 0) is 49.9 Å². The van der Waals surface area contributed by atoms with Crippen molar-refractivity contribution in [2.24, 2.45) is 34.5 Å². The largest absolute Gasteiger partial charge is 0.457 e. The normalized spacial score (nSPS) is 45.8. The van der Waals surface area contributed by atoms with E-state index in [0.29, 0.717) is 38.5 Å². The molecule has 202 valence electrons. The van der Waals surface area contributed by atoms with Crippen molar-refractivity contribution in [1.82, 2.24) is 0 Å². The van der Waals surface area contributed by atoms with E-state index in [1.165, 1.54) is 0 Å². The Labute approximate surface area is 212 Å². The van der Waals surface area contributed by atoms with Gasteiger partial charge in [0.05, 0.1) is 6.10 Å². The molecule has 4 aliphatic rings. The van der Waals surface area contributed by atoms with Gasteiger partial charge < -0.3 is 14.6 Å². The maximum absolute atomic E-state index is 17.5. The molecule has 9 atom stereocenters. The second-order valence-corrected chi connectivity index (χ2v) is 12.2. The molecule has 0 aromatic rings. The van der Waals surface area contributed by atoms with Crippen molar-refractivity contribution in [3.05, 3.63) is 0 Å². The molecule has 36 heavy (non-hydrogen) atoms. The van der Waals surface area contributed by atoms with E-state index in [9.17, 15) is 24.3 Å². The molecule has 0 saturated heterocycles. The molecule has 0 radical (unpaired) electrons. The molecule has 0 heterocycles. The van der Waals surface area contributed by atoms with Gasteiger partial charge in [-0.2, -0.15) is 0 Å². The predicted molar refractivity (Wildman–Crippen MR) is 128 cm³/mol. The number of ether oxygens (including phenoxy) is 2. The highest BCUT2D eigenvalue weighted by atomic mass is 19.1. The lowest BCUT2D eigenvalue weighted by molar-refractivity contribution is -0.257. The molecule has 7 nitrogen and oxygen atoms in total. The third-order valence-electron chi connectivity index (χ3n) is 10.7. The zero-order valence-corrected chi connectivity index (χ0v) is 22.2. The number of fused-ring (bicyclic) bond motifs is 5. The van der Waals surface area contributed by atoms with Crippen LogP contribution in [0.25, 0.3) is 0 Å². The number of hydrogen-bond acceptors (Lipinski definition) is 7. The molecule has 4 saturated carbocycles. The number of aliphatic hydroxyl groups excluding tert-OH is 1. The molecule has 0 aliphatic heterocycles. The number of rotatable bonds is 6. The summed E-state index contributed by atoms with van der Waals surface area (Å²) in [7, 11) is 0. The first-order chi connectivity index (χ1) is 16.8. The van der Waals surface area contributed by atoms with Crippen molar-refractivity contribution < 1.29 is 38.1 Å². The minimum Gasteiger partial charge on any atom is -0.457 e. The topological polar surface area (TPSA) is 107 Å². The highest BCUT2D eigenvalue weighted by Gasteiger charge is 2.77. The minimum atomic E-state index is -1.90. The smallest absolute Gasteiger partial charge is 0.306 e. The fraction of sp³-hybridized carbons (Fsp3) is 0.857. The summed E-state index contributed by atoms with van der Waals surface area (Å²) < 4.78 is 28.6. The number of carbonyl (C=O) groups is 4. The van der Waals surface area contributed by atoms with Crippen LogP contribution in [0, 0.1) is 34.5 Å². The molecule has 8 heteroatoms. The number of halogens is 1. The molecule has 0 aromatic heterocycles. The first kappa shape index (κ1) is 27.2. The Balaban J connectivity index is 1.77. The average Bonchev–Trinajstić information content (AvgIpc) is 3.05. The summed E-state index contributed by atoms with van der Waals surface area (Å²) in [6.07, 6.45) is 1.47. The Hall–Kier alpha value is -1.83. The van der Waals surface area contributed by atoms with Gasteiger partial charge in [-0.25, -0.2) is 4.39 Å². The standard InChI is InChI=1S/C28H41FO7/c1-6-23(33)35-15-22(32)28(36-24(34)7-2)16(3)12-20-19-9-8-17-13-18(30)10-11-25(17,4)27(19,29)21(31)14-26(20,28)5/h16-17,19-21,31H,6-15H2,1-5H3/t16-,17-,19-,20-,21-,25-,26-,27-,28+/m0/s1. The van der Waals surface area contributed by atoms with Crippen molar-refractivity contribution in [3.8, 4) is 0 Å². The Morgan fingerprint density at radius 3 is 2.36 bits per heavy atom. The zero-order chi connectivity index (χ0) is 26.7. The minimum absolute atomic E-state index is 0.0459. The first-order valence-electron chi connectivity index (χ1n) is 13.6. The summed E-state index contributed by atoms with van der Waals surface area (Å²) >= 11 is 0. The van der Waals surface area contributed by atoms with Gasteiger partial charge in [0.15, 0.2) is 12.2 Å². The number of hydrogen-bond donors (Lipinski definition) is 1. The first-order valence-corrected chi connectivity index (χ1v) is 13.6. The van der Waals surface area contributed by atoms with Crippen LogP contribution < -0.4 is 0 Å². The van der Waals surface area contributed by atoms with Crippen molar-refractivity contribution >= 4 is 23.5 Å². The van der Waals surface area contributed by atoms with Crippen LogP contribution in [0.3, 0.4) is 0 Å². The van der Waals surface area contributed by atoms with E-state index in [1.54, 1.807) is 13.8 Å². The van der Waals surface area contributed by atoms with E-state index in [1.807, 2.05) is 20.8 Å². The summed E-state index contributed by atoms with van der Waals surface area (Å²) in [5.41, 5.74) is -5.38. The van der Waals surface area contributed by atoms with Crippen molar-refractivity contribution in [3.63, 3.8) is 0 Å². The van der Waals surface area contributed by atoms with Crippen molar-refractivity contribution in [1.29, 1.82) is 0 Å². The van der Waals surface area contributed by atoms with Gasteiger partial charge in [-0.15, -0.1) is 0 Å². The molecule has 0 bridgehead atoms. The summed E-state index contributed by atoms with van der Waals surface area (Å²) in [6.45, 7) is 8.31. The maximum Gasteiger partial charge on any atom is 0.306 e. The van der Waals surface area contributed by atoms with Gasteiger partial charge >= 0.3 is 11.9 Å². The van der Waals surface area contributed by atoms with Crippen molar-refractivity contribution in [2.45, 2.75) is 110 Å². The Bertz CT molecular complexity index is 950. The van der Waals surface area contributed by atoms with Crippen LogP contribution in [0.15, 0.2) is 0 Å². The molecular formula is C28H41FO7. The van der Waals surface area contributed by atoms with Crippen LogP contribution in [0.4, 0.5) is 4.39 Å². The van der Waals surface area contributed by atoms with Gasteiger partial charge in [0, 0.05) is 42.4 Å². The monoisotopic (exact) mass is 508 g/mol. The van der Waals surface area contributed by atoms with E-state index in [0.717, 1.165) is 0 Å². The Morgan fingerprint density at radius 1 is 1.06 bits per heavy atom. The summed E-state index contributed by atoms with van der Waals surface area (Å²) in [5, 5.41) is 11.6. The molecule has 0 amide bonds. The number of aliphatic hydroxyl groups is 1. The third kappa shape index (κ3) is 3.52. The highest BCUT2D eigenvalue weighted by Crippen LogP contribution is 2.72. The lowest BCUT2D eigenvalue weighted by Crippen LogP contribution is -2.71.